The number of fused-ring (bicyclic) bond motifs is 3. The fourth-order valence-electron chi connectivity index (χ4n) is 4.74. The van der Waals surface area contributed by atoms with Crippen molar-refractivity contribution in [3.63, 3.8) is 0 Å². The van der Waals surface area contributed by atoms with Crippen LogP contribution in [-0.2, 0) is 0 Å². The lowest BCUT2D eigenvalue weighted by molar-refractivity contribution is 1.28. The Morgan fingerprint density at radius 1 is 0.412 bits per heavy atom. The topological polar surface area (TPSA) is 3.24 Å². The summed E-state index contributed by atoms with van der Waals surface area (Å²) >= 11 is 7.01. The summed E-state index contributed by atoms with van der Waals surface area (Å²) in [7, 11) is 0. The van der Waals surface area contributed by atoms with Crippen molar-refractivity contribution in [2.45, 2.75) is 0 Å². The van der Waals surface area contributed by atoms with Gasteiger partial charge in [0.05, 0.1) is 5.02 Å². The number of para-hydroxylation sites is 2. The minimum atomic E-state index is 0.731. The third-order valence-corrected chi connectivity index (χ3v) is 6.61. The first-order chi connectivity index (χ1) is 16.8. The van der Waals surface area contributed by atoms with Crippen molar-refractivity contribution >= 4 is 50.2 Å². The van der Waals surface area contributed by atoms with Gasteiger partial charge in [-0.2, -0.15) is 0 Å². The van der Waals surface area contributed by atoms with Gasteiger partial charge in [0.25, 0.3) is 0 Å². The summed E-state index contributed by atoms with van der Waals surface area (Å²) in [6, 6.07) is 46.5. The molecule has 0 bridgehead atoms. The van der Waals surface area contributed by atoms with Gasteiger partial charge in [-0.3, -0.25) is 0 Å². The molecule has 0 unspecified atom stereocenters. The second-order valence-corrected chi connectivity index (χ2v) is 8.77. The summed E-state index contributed by atoms with van der Waals surface area (Å²) in [6.45, 7) is 0. The maximum atomic E-state index is 7.01. The van der Waals surface area contributed by atoms with E-state index >= 15 is 0 Å². The quantitative estimate of drug-likeness (QED) is 0.239. The van der Waals surface area contributed by atoms with Gasteiger partial charge in [0.15, 0.2) is 0 Å². The average Bonchev–Trinajstić information content (AvgIpc) is 2.90. The standard InChI is InChI=1S/C32H22ClN/c33-32-22-26(34(24-12-3-1-4-13-24)25-14-5-2-6-15-25)19-20-30(32)31-21-23-11-7-8-16-27(23)28-17-9-10-18-29(28)31/h1-22H. The molecule has 0 fully saturated rings. The highest BCUT2D eigenvalue weighted by Gasteiger charge is 2.16. The van der Waals surface area contributed by atoms with Gasteiger partial charge in [-0.15, -0.1) is 0 Å². The fraction of sp³-hybridized carbons (Fsp3) is 0. The van der Waals surface area contributed by atoms with E-state index in [1.54, 1.807) is 0 Å². The number of halogens is 1. The summed E-state index contributed by atoms with van der Waals surface area (Å²) in [6.07, 6.45) is 0. The minimum Gasteiger partial charge on any atom is -0.310 e. The van der Waals surface area contributed by atoms with Crippen molar-refractivity contribution in [3.05, 3.63) is 138 Å². The Morgan fingerprint density at radius 2 is 0.971 bits per heavy atom. The molecule has 0 aliphatic carbocycles. The zero-order chi connectivity index (χ0) is 22.9. The SMILES string of the molecule is Clc1cc(N(c2ccccc2)c2ccccc2)ccc1-c1cc2ccccc2c2ccccc12. The van der Waals surface area contributed by atoms with E-state index in [1.807, 2.05) is 12.1 Å². The van der Waals surface area contributed by atoms with Crippen LogP contribution in [0.2, 0.25) is 5.02 Å². The molecule has 0 saturated carbocycles. The zero-order valence-corrected chi connectivity index (χ0v) is 19.3. The molecule has 1 nitrogen and oxygen atoms in total. The van der Waals surface area contributed by atoms with Crippen molar-refractivity contribution in [3.8, 4) is 11.1 Å². The molecule has 34 heavy (non-hydrogen) atoms. The second kappa shape index (κ2) is 8.70. The van der Waals surface area contributed by atoms with Crippen molar-refractivity contribution in [1.29, 1.82) is 0 Å². The molecule has 6 aromatic carbocycles. The number of hydrogen-bond donors (Lipinski definition) is 0. The first kappa shape index (κ1) is 20.5. The van der Waals surface area contributed by atoms with Crippen LogP contribution < -0.4 is 4.90 Å². The highest BCUT2D eigenvalue weighted by Crippen LogP contribution is 2.41. The summed E-state index contributed by atoms with van der Waals surface area (Å²) in [5, 5.41) is 5.65. The number of rotatable bonds is 4. The zero-order valence-electron chi connectivity index (χ0n) is 18.5. The molecular formula is C32H22ClN. The Bertz CT molecular complexity index is 1570. The van der Waals surface area contributed by atoms with Gasteiger partial charge < -0.3 is 4.90 Å². The highest BCUT2D eigenvalue weighted by molar-refractivity contribution is 6.34. The smallest absolute Gasteiger partial charge is 0.0505 e. The number of nitrogens with zero attached hydrogens (tertiary/aromatic N) is 1. The van der Waals surface area contributed by atoms with Crippen LogP contribution in [0.25, 0.3) is 32.7 Å². The van der Waals surface area contributed by atoms with E-state index in [2.05, 4.69) is 126 Å². The van der Waals surface area contributed by atoms with E-state index in [0.717, 1.165) is 33.2 Å². The lowest BCUT2D eigenvalue weighted by Crippen LogP contribution is -2.09. The van der Waals surface area contributed by atoms with Gasteiger partial charge >= 0.3 is 0 Å². The lowest BCUT2D eigenvalue weighted by atomic mass is 9.93. The first-order valence-corrected chi connectivity index (χ1v) is 11.8. The van der Waals surface area contributed by atoms with Crippen molar-refractivity contribution < 1.29 is 0 Å². The fourth-order valence-corrected chi connectivity index (χ4v) is 5.02. The molecule has 0 aliphatic heterocycles. The normalized spacial score (nSPS) is 11.1. The predicted molar refractivity (Wildman–Crippen MR) is 147 cm³/mol. The van der Waals surface area contributed by atoms with Gasteiger partial charge in [-0.1, -0.05) is 103 Å². The summed E-state index contributed by atoms with van der Waals surface area (Å²) in [5.41, 5.74) is 5.39. The molecule has 6 aromatic rings. The second-order valence-electron chi connectivity index (χ2n) is 8.36. The van der Waals surface area contributed by atoms with Gasteiger partial charge in [0, 0.05) is 22.6 Å². The number of benzene rings is 6. The molecule has 0 amide bonds. The molecule has 0 atom stereocenters. The van der Waals surface area contributed by atoms with E-state index in [1.165, 1.54) is 21.5 Å². The highest BCUT2D eigenvalue weighted by atomic mass is 35.5. The first-order valence-electron chi connectivity index (χ1n) is 11.4. The minimum absolute atomic E-state index is 0.731. The van der Waals surface area contributed by atoms with Gasteiger partial charge in [0.2, 0.25) is 0 Å². The summed E-state index contributed by atoms with van der Waals surface area (Å²) in [4.78, 5) is 2.23. The molecule has 0 aromatic heterocycles. The Hall–Kier alpha value is -4.07. The van der Waals surface area contributed by atoms with E-state index in [0.29, 0.717) is 0 Å². The van der Waals surface area contributed by atoms with Crippen LogP contribution in [0, 0.1) is 0 Å². The van der Waals surface area contributed by atoms with Crippen molar-refractivity contribution in [2.24, 2.45) is 0 Å². The molecule has 0 heterocycles. The van der Waals surface area contributed by atoms with Crippen LogP contribution in [0.15, 0.2) is 133 Å². The van der Waals surface area contributed by atoms with Gasteiger partial charge in [-0.05, 0) is 69.6 Å². The largest absolute Gasteiger partial charge is 0.310 e. The van der Waals surface area contributed by atoms with Crippen LogP contribution in [0.5, 0.6) is 0 Å². The molecule has 0 aliphatic rings. The molecule has 0 spiro atoms. The van der Waals surface area contributed by atoms with Crippen molar-refractivity contribution in [2.75, 3.05) is 4.90 Å². The number of hydrogen-bond acceptors (Lipinski definition) is 1. The van der Waals surface area contributed by atoms with Gasteiger partial charge in [-0.25, -0.2) is 0 Å². The molecule has 2 heteroatoms. The monoisotopic (exact) mass is 455 g/mol. The van der Waals surface area contributed by atoms with Crippen molar-refractivity contribution in [1.82, 2.24) is 0 Å². The van der Waals surface area contributed by atoms with Gasteiger partial charge in [0.1, 0.15) is 0 Å². The maximum Gasteiger partial charge on any atom is 0.0505 e. The van der Waals surface area contributed by atoms with Crippen LogP contribution in [0.4, 0.5) is 17.1 Å². The molecule has 162 valence electrons. The van der Waals surface area contributed by atoms with Crippen LogP contribution in [-0.4, -0.2) is 0 Å². The third-order valence-electron chi connectivity index (χ3n) is 6.30. The molecule has 0 saturated heterocycles. The van der Waals surface area contributed by atoms with E-state index < -0.39 is 0 Å². The summed E-state index contributed by atoms with van der Waals surface area (Å²) < 4.78 is 0. The number of anilines is 3. The van der Waals surface area contributed by atoms with E-state index in [-0.39, 0.29) is 0 Å². The predicted octanol–water partition coefficient (Wildman–Crippen LogP) is 9.78. The molecule has 0 N–H and O–H groups in total. The van der Waals surface area contributed by atoms with E-state index in [9.17, 15) is 0 Å². The summed E-state index contributed by atoms with van der Waals surface area (Å²) in [5.74, 6) is 0. The Morgan fingerprint density at radius 3 is 1.62 bits per heavy atom. The van der Waals surface area contributed by atoms with Crippen LogP contribution >= 0.6 is 11.6 Å². The Labute approximate surface area is 204 Å². The Kier molecular flexibility index (Phi) is 5.25. The lowest BCUT2D eigenvalue weighted by Gasteiger charge is -2.26. The maximum absolute atomic E-state index is 7.01. The van der Waals surface area contributed by atoms with E-state index in [4.69, 9.17) is 11.6 Å². The third kappa shape index (κ3) is 3.61. The molecular weight excluding hydrogens is 434 g/mol. The average molecular weight is 456 g/mol. The van der Waals surface area contributed by atoms with Crippen LogP contribution in [0.3, 0.4) is 0 Å². The Balaban J connectivity index is 1.53. The van der Waals surface area contributed by atoms with Crippen LogP contribution in [0.1, 0.15) is 0 Å². The molecule has 6 rings (SSSR count). The molecule has 0 radical (unpaired) electrons.